The summed E-state index contributed by atoms with van der Waals surface area (Å²) in [6, 6.07) is 3.70. The van der Waals surface area contributed by atoms with Crippen molar-refractivity contribution in [3.63, 3.8) is 0 Å². The van der Waals surface area contributed by atoms with Crippen LogP contribution in [0.3, 0.4) is 0 Å². The Morgan fingerprint density at radius 3 is 2.52 bits per heavy atom. The second-order valence-electron chi connectivity index (χ2n) is 3.99. The molecule has 0 aliphatic rings. The van der Waals surface area contributed by atoms with Gasteiger partial charge < -0.3 is 4.74 Å². The molecular formula is C13H7Cl2F4NO. The van der Waals surface area contributed by atoms with E-state index in [1.54, 1.807) is 0 Å². The van der Waals surface area contributed by atoms with Crippen LogP contribution < -0.4 is 4.74 Å². The predicted molar refractivity (Wildman–Crippen MR) is 70.3 cm³/mol. The Labute approximate surface area is 127 Å². The summed E-state index contributed by atoms with van der Waals surface area (Å²) >= 11 is 11.5. The number of nitrogens with zero attached hydrogens (tertiary/aromatic N) is 1. The van der Waals surface area contributed by atoms with E-state index in [1.807, 2.05) is 0 Å². The molecule has 0 saturated heterocycles. The lowest BCUT2D eigenvalue weighted by Gasteiger charge is -2.11. The SMILES string of the molecule is Fc1ccc(Oc2cc(CCl)c(Cl)cn2)cc1C(F)(F)F. The van der Waals surface area contributed by atoms with Gasteiger partial charge in [0.2, 0.25) is 5.88 Å². The van der Waals surface area contributed by atoms with Crippen molar-refractivity contribution in [3.05, 3.63) is 52.4 Å². The number of pyridine rings is 1. The van der Waals surface area contributed by atoms with E-state index in [4.69, 9.17) is 27.9 Å². The predicted octanol–water partition coefficient (Wildman–Crippen LogP) is 5.42. The van der Waals surface area contributed by atoms with Crippen molar-refractivity contribution < 1.29 is 22.3 Å². The average molecular weight is 340 g/mol. The number of hydrogen-bond donors (Lipinski definition) is 0. The third-order valence-electron chi connectivity index (χ3n) is 2.52. The molecule has 2 rings (SSSR count). The Morgan fingerprint density at radius 2 is 1.90 bits per heavy atom. The fourth-order valence-corrected chi connectivity index (χ4v) is 1.98. The van der Waals surface area contributed by atoms with Gasteiger partial charge in [0.1, 0.15) is 11.6 Å². The topological polar surface area (TPSA) is 22.1 Å². The first-order valence-electron chi connectivity index (χ1n) is 5.56. The Balaban J connectivity index is 2.32. The molecule has 2 aromatic rings. The molecule has 0 unspecified atom stereocenters. The molecule has 1 aromatic carbocycles. The minimum Gasteiger partial charge on any atom is -0.439 e. The first kappa shape index (κ1) is 15.9. The average Bonchev–Trinajstić information content (AvgIpc) is 2.42. The van der Waals surface area contributed by atoms with E-state index in [1.165, 1.54) is 12.3 Å². The van der Waals surface area contributed by atoms with Crippen molar-refractivity contribution in [3.8, 4) is 11.6 Å². The maximum absolute atomic E-state index is 13.1. The summed E-state index contributed by atoms with van der Waals surface area (Å²) < 4.78 is 56.1. The molecule has 0 aliphatic heterocycles. The van der Waals surface area contributed by atoms with Gasteiger partial charge in [0.25, 0.3) is 0 Å². The van der Waals surface area contributed by atoms with Crippen LogP contribution in [-0.4, -0.2) is 4.98 Å². The van der Waals surface area contributed by atoms with Crippen molar-refractivity contribution in [2.24, 2.45) is 0 Å². The Hall–Kier alpha value is -1.53. The van der Waals surface area contributed by atoms with E-state index in [-0.39, 0.29) is 17.5 Å². The summed E-state index contributed by atoms with van der Waals surface area (Å²) in [6.45, 7) is 0. The van der Waals surface area contributed by atoms with Crippen LogP contribution in [0.25, 0.3) is 0 Å². The number of ether oxygens (including phenoxy) is 1. The van der Waals surface area contributed by atoms with Crippen LogP contribution in [0.2, 0.25) is 5.02 Å². The molecule has 0 fully saturated rings. The van der Waals surface area contributed by atoms with Gasteiger partial charge in [-0.2, -0.15) is 13.2 Å². The van der Waals surface area contributed by atoms with Gasteiger partial charge in [-0.3, -0.25) is 0 Å². The van der Waals surface area contributed by atoms with Gasteiger partial charge in [-0.25, -0.2) is 9.37 Å². The van der Waals surface area contributed by atoms with E-state index in [0.29, 0.717) is 22.7 Å². The molecule has 0 saturated carbocycles. The number of benzene rings is 1. The fourth-order valence-electron chi connectivity index (χ4n) is 1.52. The molecule has 0 N–H and O–H groups in total. The van der Waals surface area contributed by atoms with Gasteiger partial charge in [-0.15, -0.1) is 11.6 Å². The minimum absolute atomic E-state index is 0.00906. The van der Waals surface area contributed by atoms with Crippen molar-refractivity contribution in [1.82, 2.24) is 4.98 Å². The fraction of sp³-hybridized carbons (Fsp3) is 0.154. The Bertz CT molecular complexity index is 661. The summed E-state index contributed by atoms with van der Waals surface area (Å²) in [5, 5.41) is 0.312. The molecule has 1 heterocycles. The molecule has 21 heavy (non-hydrogen) atoms. The highest BCUT2D eigenvalue weighted by atomic mass is 35.5. The van der Waals surface area contributed by atoms with Crippen LogP contribution in [0.1, 0.15) is 11.1 Å². The molecule has 0 bridgehead atoms. The molecular weight excluding hydrogens is 333 g/mol. The lowest BCUT2D eigenvalue weighted by molar-refractivity contribution is -0.140. The Kier molecular flexibility index (Phi) is 4.58. The van der Waals surface area contributed by atoms with Gasteiger partial charge in [0.05, 0.1) is 10.6 Å². The van der Waals surface area contributed by atoms with Crippen molar-refractivity contribution >= 4 is 23.2 Å². The highest BCUT2D eigenvalue weighted by Crippen LogP contribution is 2.34. The van der Waals surface area contributed by atoms with Gasteiger partial charge in [-0.1, -0.05) is 11.6 Å². The molecule has 0 aliphatic carbocycles. The van der Waals surface area contributed by atoms with Crippen LogP contribution in [0.15, 0.2) is 30.5 Å². The van der Waals surface area contributed by atoms with E-state index in [2.05, 4.69) is 4.98 Å². The van der Waals surface area contributed by atoms with E-state index >= 15 is 0 Å². The molecule has 0 spiro atoms. The molecule has 1 aromatic heterocycles. The monoisotopic (exact) mass is 339 g/mol. The molecule has 112 valence electrons. The van der Waals surface area contributed by atoms with E-state index in [9.17, 15) is 17.6 Å². The molecule has 0 atom stereocenters. The first-order chi connectivity index (χ1) is 9.81. The van der Waals surface area contributed by atoms with Gasteiger partial charge >= 0.3 is 6.18 Å². The van der Waals surface area contributed by atoms with Crippen LogP contribution in [0.4, 0.5) is 17.6 Å². The third kappa shape index (κ3) is 3.77. The molecule has 8 heteroatoms. The summed E-state index contributed by atoms with van der Waals surface area (Å²) in [6.07, 6.45) is -3.54. The second-order valence-corrected chi connectivity index (χ2v) is 4.66. The normalized spacial score (nSPS) is 11.5. The lowest BCUT2D eigenvalue weighted by Crippen LogP contribution is -2.08. The van der Waals surface area contributed by atoms with Crippen LogP contribution >= 0.6 is 23.2 Å². The zero-order valence-corrected chi connectivity index (χ0v) is 11.7. The maximum atomic E-state index is 13.1. The zero-order chi connectivity index (χ0) is 15.6. The van der Waals surface area contributed by atoms with Gasteiger partial charge in [-0.05, 0) is 23.8 Å². The first-order valence-corrected chi connectivity index (χ1v) is 6.47. The van der Waals surface area contributed by atoms with Crippen molar-refractivity contribution in [1.29, 1.82) is 0 Å². The number of rotatable bonds is 3. The van der Waals surface area contributed by atoms with Crippen molar-refractivity contribution in [2.75, 3.05) is 0 Å². The van der Waals surface area contributed by atoms with Gasteiger partial charge in [0, 0.05) is 18.1 Å². The van der Waals surface area contributed by atoms with E-state index < -0.39 is 17.6 Å². The third-order valence-corrected chi connectivity index (χ3v) is 3.15. The highest BCUT2D eigenvalue weighted by molar-refractivity contribution is 6.32. The van der Waals surface area contributed by atoms with Crippen LogP contribution in [-0.2, 0) is 12.1 Å². The largest absolute Gasteiger partial charge is 0.439 e. The number of alkyl halides is 4. The quantitative estimate of drug-likeness (QED) is 0.549. The second kappa shape index (κ2) is 6.07. The summed E-state index contributed by atoms with van der Waals surface area (Å²) in [5.74, 6) is -1.47. The number of aromatic nitrogens is 1. The number of halogens is 6. The Morgan fingerprint density at radius 1 is 1.19 bits per heavy atom. The summed E-state index contributed by atoms with van der Waals surface area (Å²) in [4.78, 5) is 3.81. The number of hydrogen-bond acceptors (Lipinski definition) is 2. The van der Waals surface area contributed by atoms with Gasteiger partial charge in [0.15, 0.2) is 0 Å². The van der Waals surface area contributed by atoms with Crippen LogP contribution in [0, 0.1) is 5.82 Å². The van der Waals surface area contributed by atoms with Crippen molar-refractivity contribution in [2.45, 2.75) is 12.1 Å². The molecule has 0 amide bonds. The van der Waals surface area contributed by atoms with Crippen LogP contribution in [0.5, 0.6) is 11.6 Å². The standard InChI is InChI=1S/C13H7Cl2F4NO/c14-5-7-3-12(20-6-10(7)15)21-8-1-2-11(16)9(4-8)13(17,18)19/h1-4,6H,5H2. The zero-order valence-electron chi connectivity index (χ0n) is 10.2. The minimum atomic E-state index is -4.81. The summed E-state index contributed by atoms with van der Waals surface area (Å²) in [7, 11) is 0. The highest BCUT2D eigenvalue weighted by Gasteiger charge is 2.34. The lowest BCUT2D eigenvalue weighted by atomic mass is 10.2. The smallest absolute Gasteiger partial charge is 0.419 e. The molecule has 0 radical (unpaired) electrons. The maximum Gasteiger partial charge on any atom is 0.419 e. The van der Waals surface area contributed by atoms with E-state index in [0.717, 1.165) is 6.07 Å². The molecule has 2 nitrogen and oxygen atoms in total. The summed E-state index contributed by atoms with van der Waals surface area (Å²) in [5.41, 5.74) is -0.895.